The SMILES string of the molecule is COc1ccc(-c2nc(S[C@H](C)C(=O)Nc3ccccc3)n[nH]2)cc1. The maximum Gasteiger partial charge on any atom is 0.237 e. The molecule has 3 aromatic rings. The van der Waals surface area contributed by atoms with Crippen molar-refractivity contribution in [3.8, 4) is 17.1 Å². The average molecular weight is 354 g/mol. The lowest BCUT2D eigenvalue weighted by Crippen LogP contribution is -2.22. The van der Waals surface area contributed by atoms with Crippen LogP contribution in [0.4, 0.5) is 5.69 Å². The largest absolute Gasteiger partial charge is 0.497 e. The molecule has 1 amide bonds. The summed E-state index contributed by atoms with van der Waals surface area (Å²) in [6, 6.07) is 16.9. The fraction of sp³-hybridized carbons (Fsp3) is 0.167. The molecule has 0 radical (unpaired) electrons. The molecule has 1 atom stereocenters. The van der Waals surface area contributed by atoms with E-state index in [2.05, 4.69) is 20.5 Å². The fourth-order valence-corrected chi connectivity index (χ4v) is 2.88. The van der Waals surface area contributed by atoms with E-state index < -0.39 is 0 Å². The number of benzene rings is 2. The second kappa shape index (κ2) is 7.85. The molecule has 1 heterocycles. The molecular weight excluding hydrogens is 336 g/mol. The predicted octanol–water partition coefficient (Wildman–Crippen LogP) is 3.60. The van der Waals surface area contributed by atoms with Crippen LogP contribution in [0, 0.1) is 0 Å². The van der Waals surface area contributed by atoms with Gasteiger partial charge < -0.3 is 10.1 Å². The highest BCUT2D eigenvalue weighted by atomic mass is 32.2. The van der Waals surface area contributed by atoms with Crippen molar-refractivity contribution in [3.05, 3.63) is 54.6 Å². The first-order valence-electron chi connectivity index (χ1n) is 7.75. The van der Waals surface area contributed by atoms with Crippen LogP contribution in [0.15, 0.2) is 59.8 Å². The lowest BCUT2D eigenvalue weighted by Gasteiger charge is -2.09. The summed E-state index contributed by atoms with van der Waals surface area (Å²) in [4.78, 5) is 16.7. The van der Waals surface area contributed by atoms with Gasteiger partial charge in [-0.1, -0.05) is 30.0 Å². The number of thioether (sulfide) groups is 1. The fourth-order valence-electron chi connectivity index (χ4n) is 2.15. The monoisotopic (exact) mass is 354 g/mol. The van der Waals surface area contributed by atoms with E-state index in [-0.39, 0.29) is 11.2 Å². The first-order valence-corrected chi connectivity index (χ1v) is 8.63. The van der Waals surface area contributed by atoms with Crippen LogP contribution in [0.3, 0.4) is 0 Å². The molecule has 0 unspecified atom stereocenters. The Morgan fingerprint density at radius 2 is 1.88 bits per heavy atom. The zero-order chi connectivity index (χ0) is 17.6. The van der Waals surface area contributed by atoms with Crippen LogP contribution < -0.4 is 10.1 Å². The van der Waals surface area contributed by atoms with E-state index >= 15 is 0 Å². The number of H-pyrrole nitrogens is 1. The minimum atomic E-state index is -0.320. The van der Waals surface area contributed by atoms with Gasteiger partial charge in [0.15, 0.2) is 5.82 Å². The minimum absolute atomic E-state index is 0.0907. The van der Waals surface area contributed by atoms with Crippen molar-refractivity contribution >= 4 is 23.4 Å². The third-order valence-electron chi connectivity index (χ3n) is 3.52. The van der Waals surface area contributed by atoms with Crippen LogP contribution in [-0.4, -0.2) is 33.4 Å². The molecule has 0 saturated heterocycles. The van der Waals surface area contributed by atoms with Crippen molar-refractivity contribution in [3.63, 3.8) is 0 Å². The highest BCUT2D eigenvalue weighted by molar-refractivity contribution is 8.00. The topological polar surface area (TPSA) is 79.9 Å². The van der Waals surface area contributed by atoms with Crippen molar-refractivity contribution in [2.24, 2.45) is 0 Å². The Hall–Kier alpha value is -2.80. The number of rotatable bonds is 6. The Balaban J connectivity index is 1.63. The molecule has 0 aliphatic carbocycles. The number of hydrogen-bond donors (Lipinski definition) is 2. The maximum atomic E-state index is 12.3. The van der Waals surface area contributed by atoms with Gasteiger partial charge in [-0.3, -0.25) is 9.89 Å². The van der Waals surface area contributed by atoms with Gasteiger partial charge in [-0.25, -0.2) is 4.98 Å². The van der Waals surface area contributed by atoms with Crippen LogP contribution in [0.25, 0.3) is 11.4 Å². The molecule has 25 heavy (non-hydrogen) atoms. The van der Waals surface area contributed by atoms with Gasteiger partial charge in [0.2, 0.25) is 11.1 Å². The molecule has 0 fully saturated rings. The van der Waals surface area contributed by atoms with Crippen LogP contribution in [-0.2, 0) is 4.79 Å². The summed E-state index contributed by atoms with van der Waals surface area (Å²) in [5.41, 5.74) is 1.68. The van der Waals surface area contributed by atoms with Crippen molar-refractivity contribution < 1.29 is 9.53 Å². The van der Waals surface area contributed by atoms with Crippen LogP contribution in [0.5, 0.6) is 5.75 Å². The Labute approximate surface area is 150 Å². The lowest BCUT2D eigenvalue weighted by atomic mass is 10.2. The van der Waals surface area contributed by atoms with Crippen molar-refractivity contribution in [2.75, 3.05) is 12.4 Å². The molecule has 0 spiro atoms. The molecule has 0 saturated carbocycles. The highest BCUT2D eigenvalue weighted by Gasteiger charge is 2.17. The van der Waals surface area contributed by atoms with E-state index in [1.54, 1.807) is 7.11 Å². The summed E-state index contributed by atoms with van der Waals surface area (Å²) >= 11 is 1.30. The molecule has 128 valence electrons. The second-order valence-corrected chi connectivity index (χ2v) is 6.62. The lowest BCUT2D eigenvalue weighted by molar-refractivity contribution is -0.115. The second-order valence-electron chi connectivity index (χ2n) is 5.31. The van der Waals surface area contributed by atoms with Crippen LogP contribution in [0.2, 0.25) is 0 Å². The molecule has 0 bridgehead atoms. The summed E-state index contributed by atoms with van der Waals surface area (Å²) in [5, 5.41) is 10.2. The minimum Gasteiger partial charge on any atom is -0.497 e. The number of anilines is 1. The van der Waals surface area contributed by atoms with Gasteiger partial charge in [0, 0.05) is 11.3 Å². The van der Waals surface area contributed by atoms with Gasteiger partial charge in [0.1, 0.15) is 5.75 Å². The number of amides is 1. The van der Waals surface area contributed by atoms with E-state index in [0.29, 0.717) is 11.0 Å². The van der Waals surface area contributed by atoms with E-state index in [1.165, 1.54) is 11.8 Å². The van der Waals surface area contributed by atoms with Gasteiger partial charge in [0.25, 0.3) is 0 Å². The molecule has 7 heteroatoms. The highest BCUT2D eigenvalue weighted by Crippen LogP contribution is 2.24. The van der Waals surface area contributed by atoms with Crippen LogP contribution >= 0.6 is 11.8 Å². The molecule has 2 N–H and O–H groups in total. The number of para-hydroxylation sites is 1. The smallest absolute Gasteiger partial charge is 0.237 e. The number of aromatic nitrogens is 3. The first kappa shape index (κ1) is 17.0. The quantitative estimate of drug-likeness (QED) is 0.661. The molecule has 0 aliphatic rings. The Morgan fingerprint density at radius 1 is 1.16 bits per heavy atom. The van der Waals surface area contributed by atoms with Gasteiger partial charge in [-0.2, -0.15) is 0 Å². The zero-order valence-corrected chi connectivity index (χ0v) is 14.7. The number of carbonyl (C=O) groups is 1. The predicted molar refractivity (Wildman–Crippen MR) is 98.8 cm³/mol. The summed E-state index contributed by atoms with van der Waals surface area (Å²) in [5.74, 6) is 1.34. The third kappa shape index (κ3) is 4.39. The number of nitrogens with zero attached hydrogens (tertiary/aromatic N) is 2. The van der Waals surface area contributed by atoms with E-state index in [4.69, 9.17) is 4.74 Å². The Bertz CT molecular complexity index is 834. The van der Waals surface area contributed by atoms with E-state index in [0.717, 1.165) is 17.0 Å². The number of nitrogens with one attached hydrogen (secondary N) is 2. The molecule has 0 aliphatic heterocycles. The Kier molecular flexibility index (Phi) is 5.35. The number of aromatic amines is 1. The standard InChI is InChI=1S/C18H18N4O2S/c1-12(17(23)19-14-6-4-3-5-7-14)25-18-20-16(21-22-18)13-8-10-15(24-2)11-9-13/h3-12H,1-2H3,(H,19,23)(H,20,21,22)/t12-/m1/s1. The maximum absolute atomic E-state index is 12.3. The molecule has 1 aromatic heterocycles. The van der Waals surface area contributed by atoms with Crippen LogP contribution in [0.1, 0.15) is 6.92 Å². The van der Waals surface area contributed by atoms with E-state index in [9.17, 15) is 4.79 Å². The van der Waals surface area contributed by atoms with Crippen molar-refractivity contribution in [1.82, 2.24) is 15.2 Å². The summed E-state index contributed by atoms with van der Waals surface area (Å²) in [6.07, 6.45) is 0. The molecule has 6 nitrogen and oxygen atoms in total. The van der Waals surface area contributed by atoms with Crippen molar-refractivity contribution in [1.29, 1.82) is 0 Å². The van der Waals surface area contributed by atoms with E-state index in [1.807, 2.05) is 61.5 Å². The number of methoxy groups -OCH3 is 1. The summed E-state index contributed by atoms with van der Waals surface area (Å²) < 4.78 is 5.14. The molecule has 3 rings (SSSR count). The third-order valence-corrected chi connectivity index (χ3v) is 4.48. The number of hydrogen-bond acceptors (Lipinski definition) is 5. The Morgan fingerprint density at radius 3 is 2.56 bits per heavy atom. The zero-order valence-electron chi connectivity index (χ0n) is 13.9. The number of ether oxygens (including phenoxy) is 1. The van der Waals surface area contributed by atoms with Gasteiger partial charge in [-0.15, -0.1) is 5.10 Å². The van der Waals surface area contributed by atoms with Crippen molar-refractivity contribution in [2.45, 2.75) is 17.3 Å². The molecule has 2 aromatic carbocycles. The normalized spacial score (nSPS) is 11.8. The summed E-state index contributed by atoms with van der Waals surface area (Å²) in [6.45, 7) is 1.83. The van der Waals surface area contributed by atoms with Gasteiger partial charge in [0.05, 0.1) is 12.4 Å². The first-order chi connectivity index (χ1) is 12.2. The summed E-state index contributed by atoms with van der Waals surface area (Å²) in [7, 11) is 1.63. The number of carbonyl (C=O) groups excluding carboxylic acids is 1. The van der Waals surface area contributed by atoms with Gasteiger partial charge >= 0.3 is 0 Å². The average Bonchev–Trinajstić information content (AvgIpc) is 3.11. The molecular formula is C18H18N4O2S. The van der Waals surface area contributed by atoms with Gasteiger partial charge in [-0.05, 0) is 43.3 Å².